The molecule has 1 saturated heterocycles. The third-order valence-electron chi connectivity index (χ3n) is 3.88. The quantitative estimate of drug-likeness (QED) is 0.787. The van der Waals surface area contributed by atoms with Crippen LogP contribution in [0.2, 0.25) is 0 Å². The van der Waals surface area contributed by atoms with Gasteiger partial charge >= 0.3 is 0 Å². The Bertz CT molecular complexity index is 613. The Hall–Kier alpha value is -1.92. The lowest BCUT2D eigenvalue weighted by Gasteiger charge is -2.34. The number of aliphatic hydroxyl groups is 3. The fourth-order valence-electron chi connectivity index (χ4n) is 2.53. The SMILES string of the molecule is O[C@@H]1[C@@H](O)[C@@H](Oc2ccc(Cc3ccccc3)cc2)OC[C@@H]1O. The maximum atomic E-state index is 9.86. The number of hydrogen-bond acceptors (Lipinski definition) is 5. The monoisotopic (exact) mass is 316 g/mol. The summed E-state index contributed by atoms with van der Waals surface area (Å²) < 4.78 is 10.8. The van der Waals surface area contributed by atoms with Crippen LogP contribution >= 0.6 is 0 Å². The van der Waals surface area contributed by atoms with Crippen LogP contribution in [0, 0.1) is 0 Å². The minimum absolute atomic E-state index is 0.0744. The summed E-state index contributed by atoms with van der Waals surface area (Å²) >= 11 is 0. The molecule has 23 heavy (non-hydrogen) atoms. The molecule has 4 atom stereocenters. The van der Waals surface area contributed by atoms with Crippen LogP contribution in [0.4, 0.5) is 0 Å². The van der Waals surface area contributed by atoms with Gasteiger partial charge in [-0.1, -0.05) is 42.5 Å². The van der Waals surface area contributed by atoms with Crippen LogP contribution in [-0.2, 0) is 11.2 Å². The van der Waals surface area contributed by atoms with E-state index >= 15 is 0 Å². The van der Waals surface area contributed by atoms with Crippen LogP contribution in [0.15, 0.2) is 54.6 Å². The highest BCUT2D eigenvalue weighted by Crippen LogP contribution is 2.21. The van der Waals surface area contributed by atoms with Crippen molar-refractivity contribution in [2.75, 3.05) is 6.61 Å². The molecule has 0 spiro atoms. The zero-order chi connectivity index (χ0) is 16.2. The number of aliphatic hydroxyl groups excluding tert-OH is 3. The van der Waals surface area contributed by atoms with Gasteiger partial charge in [-0.3, -0.25) is 0 Å². The summed E-state index contributed by atoms with van der Waals surface area (Å²) in [5, 5.41) is 28.9. The van der Waals surface area contributed by atoms with Gasteiger partial charge in [0.25, 0.3) is 0 Å². The minimum atomic E-state index is -1.29. The van der Waals surface area contributed by atoms with Crippen LogP contribution in [0.25, 0.3) is 0 Å². The molecule has 122 valence electrons. The standard InChI is InChI=1S/C18H20O5/c19-15-11-22-18(17(21)16(15)20)23-14-8-6-13(7-9-14)10-12-4-2-1-3-5-12/h1-9,15-21H,10-11H2/t15-,16-,17+,18+/m0/s1. The summed E-state index contributed by atoms with van der Waals surface area (Å²) in [6.45, 7) is -0.0744. The molecule has 1 aliphatic heterocycles. The normalized spacial score (nSPS) is 27.6. The van der Waals surface area contributed by atoms with E-state index in [0.29, 0.717) is 5.75 Å². The molecule has 3 rings (SSSR count). The second kappa shape index (κ2) is 7.10. The number of rotatable bonds is 4. The number of benzene rings is 2. The van der Waals surface area contributed by atoms with E-state index in [0.717, 1.165) is 12.0 Å². The molecule has 0 unspecified atom stereocenters. The molecule has 0 saturated carbocycles. The highest BCUT2D eigenvalue weighted by atomic mass is 16.7. The van der Waals surface area contributed by atoms with Crippen molar-refractivity contribution in [3.05, 3.63) is 65.7 Å². The summed E-state index contributed by atoms with van der Waals surface area (Å²) in [5.41, 5.74) is 2.37. The average molecular weight is 316 g/mol. The lowest BCUT2D eigenvalue weighted by Crippen LogP contribution is -2.54. The van der Waals surface area contributed by atoms with E-state index in [1.165, 1.54) is 5.56 Å². The van der Waals surface area contributed by atoms with Gasteiger partial charge in [0.15, 0.2) is 0 Å². The molecule has 3 N–H and O–H groups in total. The second-order valence-corrected chi connectivity index (χ2v) is 5.67. The average Bonchev–Trinajstić information content (AvgIpc) is 2.58. The van der Waals surface area contributed by atoms with Crippen molar-refractivity contribution in [2.45, 2.75) is 31.0 Å². The summed E-state index contributed by atoms with van der Waals surface area (Å²) in [6, 6.07) is 17.6. The van der Waals surface area contributed by atoms with Gasteiger partial charge in [0.1, 0.15) is 24.1 Å². The van der Waals surface area contributed by atoms with Crippen LogP contribution < -0.4 is 4.74 Å². The Morgan fingerprint density at radius 1 is 0.870 bits per heavy atom. The summed E-state index contributed by atoms with van der Waals surface area (Å²) in [5.74, 6) is 0.537. The Morgan fingerprint density at radius 2 is 1.52 bits per heavy atom. The van der Waals surface area contributed by atoms with E-state index < -0.39 is 24.6 Å². The van der Waals surface area contributed by atoms with E-state index in [1.54, 1.807) is 12.1 Å². The molecule has 5 nitrogen and oxygen atoms in total. The molecule has 0 amide bonds. The molecular weight excluding hydrogens is 296 g/mol. The van der Waals surface area contributed by atoms with Gasteiger partial charge in [-0.25, -0.2) is 0 Å². The van der Waals surface area contributed by atoms with Crippen molar-refractivity contribution < 1.29 is 24.8 Å². The van der Waals surface area contributed by atoms with Gasteiger partial charge < -0.3 is 24.8 Å². The van der Waals surface area contributed by atoms with Crippen LogP contribution in [0.5, 0.6) is 5.75 Å². The van der Waals surface area contributed by atoms with Crippen molar-refractivity contribution in [2.24, 2.45) is 0 Å². The number of ether oxygens (including phenoxy) is 2. The van der Waals surface area contributed by atoms with Crippen molar-refractivity contribution in [3.8, 4) is 5.75 Å². The van der Waals surface area contributed by atoms with Crippen LogP contribution in [-0.4, -0.2) is 46.5 Å². The molecule has 0 radical (unpaired) electrons. The van der Waals surface area contributed by atoms with Gasteiger partial charge in [-0.2, -0.15) is 0 Å². The van der Waals surface area contributed by atoms with Gasteiger partial charge in [0, 0.05) is 0 Å². The van der Waals surface area contributed by atoms with Crippen molar-refractivity contribution in [3.63, 3.8) is 0 Å². The third-order valence-corrected chi connectivity index (χ3v) is 3.88. The highest BCUT2D eigenvalue weighted by Gasteiger charge is 2.38. The first-order valence-corrected chi connectivity index (χ1v) is 7.59. The summed E-state index contributed by atoms with van der Waals surface area (Å²) in [4.78, 5) is 0. The topological polar surface area (TPSA) is 79.2 Å². The van der Waals surface area contributed by atoms with E-state index in [1.807, 2.05) is 30.3 Å². The van der Waals surface area contributed by atoms with Crippen LogP contribution in [0.1, 0.15) is 11.1 Å². The summed E-state index contributed by atoms with van der Waals surface area (Å²) in [7, 11) is 0. The predicted molar refractivity (Wildman–Crippen MR) is 84.1 cm³/mol. The lowest BCUT2D eigenvalue weighted by molar-refractivity contribution is -0.242. The van der Waals surface area contributed by atoms with E-state index in [9.17, 15) is 15.3 Å². The molecule has 2 aromatic carbocycles. The highest BCUT2D eigenvalue weighted by molar-refractivity contribution is 5.31. The van der Waals surface area contributed by atoms with Gasteiger partial charge in [-0.05, 0) is 29.7 Å². The van der Waals surface area contributed by atoms with Gasteiger partial charge in [0.05, 0.1) is 6.61 Å². The van der Waals surface area contributed by atoms with E-state index in [4.69, 9.17) is 9.47 Å². The van der Waals surface area contributed by atoms with Crippen LogP contribution in [0.3, 0.4) is 0 Å². The zero-order valence-electron chi connectivity index (χ0n) is 12.6. The molecular formula is C18H20O5. The first-order chi connectivity index (χ1) is 11.1. The van der Waals surface area contributed by atoms with E-state index in [-0.39, 0.29) is 6.61 Å². The second-order valence-electron chi connectivity index (χ2n) is 5.67. The molecule has 5 heteroatoms. The van der Waals surface area contributed by atoms with Crippen molar-refractivity contribution in [1.82, 2.24) is 0 Å². The molecule has 1 aliphatic rings. The fraction of sp³-hybridized carbons (Fsp3) is 0.333. The third kappa shape index (κ3) is 3.89. The maximum absolute atomic E-state index is 9.86. The van der Waals surface area contributed by atoms with E-state index in [2.05, 4.69) is 12.1 Å². The first kappa shape index (κ1) is 16.0. The van der Waals surface area contributed by atoms with Crippen molar-refractivity contribution in [1.29, 1.82) is 0 Å². The Morgan fingerprint density at radius 3 is 2.22 bits per heavy atom. The fourth-order valence-corrected chi connectivity index (χ4v) is 2.53. The first-order valence-electron chi connectivity index (χ1n) is 7.59. The Balaban J connectivity index is 1.61. The largest absolute Gasteiger partial charge is 0.462 e. The maximum Gasteiger partial charge on any atom is 0.228 e. The van der Waals surface area contributed by atoms with Gasteiger partial charge in [-0.15, -0.1) is 0 Å². The minimum Gasteiger partial charge on any atom is -0.462 e. The van der Waals surface area contributed by atoms with Gasteiger partial charge in [0.2, 0.25) is 6.29 Å². The molecule has 0 bridgehead atoms. The smallest absolute Gasteiger partial charge is 0.228 e. The Labute approximate surface area is 134 Å². The molecule has 0 aromatic heterocycles. The summed E-state index contributed by atoms with van der Waals surface area (Å²) in [6.07, 6.45) is -3.82. The predicted octanol–water partition coefficient (Wildman–Crippen LogP) is 1.10. The molecule has 1 heterocycles. The Kier molecular flexibility index (Phi) is 4.93. The molecule has 1 fully saturated rings. The number of hydrogen-bond donors (Lipinski definition) is 3. The lowest BCUT2D eigenvalue weighted by atomic mass is 10.0. The zero-order valence-corrected chi connectivity index (χ0v) is 12.6. The molecule has 2 aromatic rings. The molecule has 0 aliphatic carbocycles. The van der Waals surface area contributed by atoms with Crippen molar-refractivity contribution >= 4 is 0 Å².